The van der Waals surface area contributed by atoms with Crippen molar-refractivity contribution in [3.05, 3.63) is 87.9 Å². The molecule has 0 aromatic heterocycles. The minimum atomic E-state index is -0.303. The Kier molecular flexibility index (Phi) is 10.1. The molecule has 0 N–H and O–H groups in total. The van der Waals surface area contributed by atoms with Crippen LogP contribution in [0.5, 0.6) is 0 Å². The molecule has 2 amide bonds. The number of hydrogen-bond acceptors (Lipinski definition) is 5. The summed E-state index contributed by atoms with van der Waals surface area (Å²) in [7, 11) is 3.71. The molecule has 5 rings (SSSR count). The van der Waals surface area contributed by atoms with Crippen LogP contribution >= 0.6 is 23.2 Å². The van der Waals surface area contributed by atoms with Crippen LogP contribution in [-0.2, 0) is 9.53 Å². The van der Waals surface area contributed by atoms with Crippen LogP contribution in [0.25, 0.3) is 11.1 Å². The van der Waals surface area contributed by atoms with Crippen molar-refractivity contribution in [3.63, 3.8) is 0 Å². The molecule has 42 heavy (non-hydrogen) atoms. The van der Waals surface area contributed by atoms with Gasteiger partial charge in [0.25, 0.3) is 5.91 Å². The Morgan fingerprint density at radius 3 is 2.26 bits per heavy atom. The second-order valence-corrected chi connectivity index (χ2v) is 11.9. The van der Waals surface area contributed by atoms with E-state index < -0.39 is 0 Å². The van der Waals surface area contributed by atoms with Crippen LogP contribution in [0.4, 0.5) is 5.69 Å². The number of anilines is 1. The molecule has 2 heterocycles. The third-order valence-corrected chi connectivity index (χ3v) is 8.99. The predicted molar refractivity (Wildman–Crippen MR) is 170 cm³/mol. The third kappa shape index (κ3) is 7.09. The maximum Gasteiger partial charge on any atom is 0.254 e. The van der Waals surface area contributed by atoms with Crippen LogP contribution in [0.1, 0.15) is 34.8 Å². The number of carbonyl (C=O) groups is 2. The highest BCUT2D eigenvalue weighted by Crippen LogP contribution is 2.32. The average Bonchev–Trinajstić information content (AvgIpc) is 3.54. The molecule has 0 saturated carbocycles. The number of likely N-dealkylation sites (N-methyl/N-ethyl adjacent to an activating group) is 2. The normalized spacial score (nSPS) is 16.3. The first kappa shape index (κ1) is 30.4. The number of likely N-dealkylation sites (tertiary alicyclic amines) is 1. The van der Waals surface area contributed by atoms with Crippen LogP contribution in [-0.4, -0.2) is 93.1 Å². The summed E-state index contributed by atoms with van der Waals surface area (Å²) in [6, 6.07) is 21.2. The van der Waals surface area contributed by atoms with E-state index in [2.05, 4.69) is 11.0 Å². The summed E-state index contributed by atoms with van der Waals surface area (Å²) in [5.74, 6) is -0.0732. The van der Waals surface area contributed by atoms with E-state index >= 15 is 0 Å². The number of rotatable bonds is 9. The minimum Gasteiger partial charge on any atom is -0.378 e. The molecule has 0 radical (unpaired) electrons. The number of hydrogen-bond donors (Lipinski definition) is 0. The zero-order chi connectivity index (χ0) is 29.6. The number of nitrogens with zero attached hydrogens (tertiary/aromatic N) is 4. The summed E-state index contributed by atoms with van der Waals surface area (Å²) in [4.78, 5) is 35.8. The van der Waals surface area contributed by atoms with Crippen LogP contribution in [0, 0.1) is 0 Å². The Morgan fingerprint density at radius 1 is 0.857 bits per heavy atom. The fourth-order valence-electron chi connectivity index (χ4n) is 5.72. The van der Waals surface area contributed by atoms with E-state index in [0.717, 1.165) is 48.3 Å². The SMILES string of the molecule is CN(CC(=O)N(C)C(CN1CCCC1)c1ccc(-c2ccccc2)cc1C(=O)N1CCOCC1)c1ccc(Cl)c(Cl)c1. The van der Waals surface area contributed by atoms with Gasteiger partial charge in [0.2, 0.25) is 5.91 Å². The summed E-state index contributed by atoms with van der Waals surface area (Å²) < 4.78 is 5.53. The van der Waals surface area contributed by atoms with Gasteiger partial charge in [0.1, 0.15) is 0 Å². The molecule has 1 unspecified atom stereocenters. The number of halogens is 2. The number of amides is 2. The van der Waals surface area contributed by atoms with E-state index in [4.69, 9.17) is 27.9 Å². The van der Waals surface area contributed by atoms with Gasteiger partial charge in [0.05, 0.1) is 35.8 Å². The zero-order valence-electron chi connectivity index (χ0n) is 24.3. The lowest BCUT2D eigenvalue weighted by Gasteiger charge is -2.35. The number of morpholine rings is 1. The molecule has 7 nitrogen and oxygen atoms in total. The van der Waals surface area contributed by atoms with Crippen molar-refractivity contribution in [2.45, 2.75) is 18.9 Å². The molecule has 0 spiro atoms. The lowest BCUT2D eigenvalue weighted by Crippen LogP contribution is -2.44. The second kappa shape index (κ2) is 13.9. The molecule has 2 aliphatic heterocycles. The smallest absolute Gasteiger partial charge is 0.254 e. The standard InChI is InChI=1S/C33H38Cl2N4O3/c1-36(26-11-13-29(34)30(35)21-26)23-32(40)37(2)31(22-38-14-6-7-15-38)27-12-10-25(24-8-4-3-5-9-24)20-28(27)33(41)39-16-18-42-19-17-39/h3-5,8-13,20-21,31H,6-7,14-19,22-23H2,1-2H3. The van der Waals surface area contributed by atoms with Gasteiger partial charge < -0.3 is 24.3 Å². The Labute approximate surface area is 258 Å². The lowest BCUT2D eigenvalue weighted by molar-refractivity contribution is -0.131. The molecule has 2 fully saturated rings. The van der Waals surface area contributed by atoms with Crippen molar-refractivity contribution < 1.29 is 14.3 Å². The van der Waals surface area contributed by atoms with E-state index in [-0.39, 0.29) is 24.4 Å². The highest BCUT2D eigenvalue weighted by atomic mass is 35.5. The molecule has 222 valence electrons. The Bertz CT molecular complexity index is 1390. The van der Waals surface area contributed by atoms with Crippen LogP contribution in [0.2, 0.25) is 10.0 Å². The Balaban J connectivity index is 1.49. The monoisotopic (exact) mass is 608 g/mol. The summed E-state index contributed by atoms with van der Waals surface area (Å²) in [5, 5.41) is 0.915. The van der Waals surface area contributed by atoms with Crippen LogP contribution < -0.4 is 4.90 Å². The van der Waals surface area contributed by atoms with Gasteiger partial charge in [-0.05, 0) is 66.9 Å². The van der Waals surface area contributed by atoms with Gasteiger partial charge in [-0.25, -0.2) is 0 Å². The fraction of sp³-hybridized carbons (Fsp3) is 0.394. The Morgan fingerprint density at radius 2 is 1.57 bits per heavy atom. The predicted octanol–water partition coefficient (Wildman–Crippen LogP) is 5.86. The fourth-order valence-corrected chi connectivity index (χ4v) is 6.01. The maximum absolute atomic E-state index is 14.1. The molecule has 1 atom stereocenters. The van der Waals surface area contributed by atoms with Gasteiger partial charge in [-0.2, -0.15) is 0 Å². The zero-order valence-corrected chi connectivity index (χ0v) is 25.8. The summed E-state index contributed by atoms with van der Waals surface area (Å²) >= 11 is 12.4. The molecule has 9 heteroatoms. The largest absolute Gasteiger partial charge is 0.378 e. The first-order valence-corrected chi connectivity index (χ1v) is 15.3. The van der Waals surface area contributed by atoms with E-state index in [0.29, 0.717) is 48.5 Å². The quantitative estimate of drug-likeness (QED) is 0.304. The maximum atomic E-state index is 14.1. The molecule has 3 aromatic rings. The van der Waals surface area contributed by atoms with Crippen LogP contribution in [0.15, 0.2) is 66.7 Å². The molecular weight excluding hydrogens is 571 g/mol. The van der Waals surface area contributed by atoms with Gasteiger partial charge in [-0.3, -0.25) is 9.59 Å². The number of benzene rings is 3. The average molecular weight is 610 g/mol. The van der Waals surface area contributed by atoms with Crippen molar-refractivity contribution in [2.75, 3.05) is 71.5 Å². The Hall–Kier alpha value is -3.10. The molecule has 0 aliphatic carbocycles. The number of ether oxygens (including phenoxy) is 1. The van der Waals surface area contributed by atoms with Gasteiger partial charge in [0, 0.05) is 45.0 Å². The van der Waals surface area contributed by atoms with Crippen molar-refractivity contribution in [2.24, 2.45) is 0 Å². The van der Waals surface area contributed by atoms with Gasteiger partial charge in [-0.15, -0.1) is 0 Å². The van der Waals surface area contributed by atoms with Crippen LogP contribution in [0.3, 0.4) is 0 Å². The minimum absolute atomic E-state index is 0.0220. The number of carbonyl (C=O) groups excluding carboxylic acids is 2. The van der Waals surface area contributed by atoms with Gasteiger partial charge >= 0.3 is 0 Å². The highest BCUT2D eigenvalue weighted by Gasteiger charge is 2.31. The summed E-state index contributed by atoms with van der Waals surface area (Å²) in [5.41, 5.74) is 4.33. The van der Waals surface area contributed by atoms with Gasteiger partial charge in [-0.1, -0.05) is 65.7 Å². The topological polar surface area (TPSA) is 56.3 Å². The summed E-state index contributed by atoms with van der Waals surface area (Å²) in [6.45, 7) is 4.92. The third-order valence-electron chi connectivity index (χ3n) is 8.26. The first-order chi connectivity index (χ1) is 20.3. The molecule has 2 saturated heterocycles. The van der Waals surface area contributed by atoms with Crippen molar-refractivity contribution in [1.82, 2.24) is 14.7 Å². The highest BCUT2D eigenvalue weighted by molar-refractivity contribution is 6.42. The van der Waals surface area contributed by atoms with Gasteiger partial charge in [0.15, 0.2) is 0 Å². The van der Waals surface area contributed by atoms with E-state index in [1.165, 1.54) is 0 Å². The van der Waals surface area contributed by atoms with E-state index in [9.17, 15) is 9.59 Å². The van der Waals surface area contributed by atoms with Crippen molar-refractivity contribution in [1.29, 1.82) is 0 Å². The van der Waals surface area contributed by atoms with Crippen molar-refractivity contribution >= 4 is 40.7 Å². The molecule has 0 bridgehead atoms. The lowest BCUT2D eigenvalue weighted by atomic mass is 9.93. The summed E-state index contributed by atoms with van der Waals surface area (Å²) in [6.07, 6.45) is 2.27. The molecule has 3 aromatic carbocycles. The molecule has 2 aliphatic rings. The van der Waals surface area contributed by atoms with E-state index in [1.807, 2.05) is 72.4 Å². The first-order valence-electron chi connectivity index (χ1n) is 14.5. The van der Waals surface area contributed by atoms with Crippen molar-refractivity contribution in [3.8, 4) is 11.1 Å². The van der Waals surface area contributed by atoms with E-state index in [1.54, 1.807) is 17.0 Å². The molecular formula is C33H38Cl2N4O3. The second-order valence-electron chi connectivity index (χ2n) is 11.1.